The topological polar surface area (TPSA) is 54.5 Å². The second-order valence-electron chi connectivity index (χ2n) is 5.81. The summed E-state index contributed by atoms with van der Waals surface area (Å²) >= 11 is 1.69. The minimum Gasteiger partial charge on any atom is -0.338 e. The molecule has 0 bridgehead atoms. The number of nitrogens with zero attached hydrogens (tertiary/aromatic N) is 1. The number of unbranched alkanes of at least 4 members (excludes halogenated alkanes) is 2. The van der Waals surface area contributed by atoms with Gasteiger partial charge in [0.1, 0.15) is 0 Å². The fraction of sp³-hybridized carbons (Fsp3) is 0.933. The number of carbonyl (C=O) groups excluding carboxylic acids is 1. The van der Waals surface area contributed by atoms with Gasteiger partial charge < -0.3 is 4.90 Å². The number of rotatable bonds is 9. The Morgan fingerprint density at radius 3 is 2.48 bits per heavy atom. The van der Waals surface area contributed by atoms with E-state index in [-0.39, 0.29) is 28.7 Å². The lowest BCUT2D eigenvalue weighted by atomic mass is 10.2. The lowest BCUT2D eigenvalue weighted by molar-refractivity contribution is -0.132. The highest BCUT2D eigenvalue weighted by molar-refractivity contribution is 8.00. The number of amides is 1. The SMILES string of the molecule is CCCCSC(C)C(=O)N(CCCC)C1CCS(=O)(=O)C1. The van der Waals surface area contributed by atoms with Gasteiger partial charge in [0, 0.05) is 12.6 Å². The number of hydrogen-bond donors (Lipinski definition) is 0. The highest BCUT2D eigenvalue weighted by Crippen LogP contribution is 2.22. The van der Waals surface area contributed by atoms with E-state index < -0.39 is 9.84 Å². The average molecular weight is 336 g/mol. The molecule has 0 aromatic heterocycles. The van der Waals surface area contributed by atoms with Gasteiger partial charge in [-0.25, -0.2) is 8.42 Å². The first-order chi connectivity index (χ1) is 9.91. The van der Waals surface area contributed by atoms with Crippen LogP contribution in [0.15, 0.2) is 0 Å². The van der Waals surface area contributed by atoms with Crippen LogP contribution in [0.3, 0.4) is 0 Å². The van der Waals surface area contributed by atoms with Crippen molar-refractivity contribution < 1.29 is 13.2 Å². The zero-order chi connectivity index (χ0) is 15.9. The van der Waals surface area contributed by atoms with Gasteiger partial charge in [-0.2, -0.15) is 0 Å². The Hall–Kier alpha value is -0.230. The van der Waals surface area contributed by atoms with Crippen LogP contribution in [0.4, 0.5) is 0 Å². The van der Waals surface area contributed by atoms with Gasteiger partial charge in [-0.05, 0) is 31.9 Å². The van der Waals surface area contributed by atoms with Crippen LogP contribution in [0.1, 0.15) is 52.9 Å². The van der Waals surface area contributed by atoms with Gasteiger partial charge in [0.15, 0.2) is 9.84 Å². The van der Waals surface area contributed by atoms with Gasteiger partial charge in [0.2, 0.25) is 5.91 Å². The van der Waals surface area contributed by atoms with Gasteiger partial charge in [0.25, 0.3) is 0 Å². The Labute approximate surface area is 134 Å². The maximum Gasteiger partial charge on any atom is 0.235 e. The molecule has 1 aliphatic heterocycles. The summed E-state index contributed by atoms with van der Waals surface area (Å²) in [5.41, 5.74) is 0. The van der Waals surface area contributed by atoms with Crippen LogP contribution in [-0.4, -0.2) is 54.3 Å². The van der Waals surface area contributed by atoms with Gasteiger partial charge >= 0.3 is 0 Å². The van der Waals surface area contributed by atoms with Crippen LogP contribution in [0.25, 0.3) is 0 Å². The molecular weight excluding hydrogens is 306 g/mol. The van der Waals surface area contributed by atoms with Gasteiger partial charge in [0.05, 0.1) is 16.8 Å². The Kier molecular flexibility index (Phi) is 8.09. The third-order valence-corrected chi connectivity index (χ3v) is 6.87. The molecule has 2 unspecified atom stereocenters. The second-order valence-corrected chi connectivity index (χ2v) is 9.49. The normalized spacial score (nSPS) is 22.1. The van der Waals surface area contributed by atoms with Crippen molar-refractivity contribution in [1.82, 2.24) is 4.90 Å². The molecule has 0 radical (unpaired) electrons. The summed E-state index contributed by atoms with van der Waals surface area (Å²) < 4.78 is 23.4. The van der Waals surface area contributed by atoms with Crippen molar-refractivity contribution in [3.8, 4) is 0 Å². The Morgan fingerprint density at radius 2 is 1.95 bits per heavy atom. The minimum atomic E-state index is -2.95. The molecule has 1 saturated heterocycles. The van der Waals surface area contributed by atoms with E-state index in [9.17, 15) is 13.2 Å². The van der Waals surface area contributed by atoms with Gasteiger partial charge in [-0.15, -0.1) is 11.8 Å². The quantitative estimate of drug-likeness (QED) is 0.608. The van der Waals surface area contributed by atoms with Crippen LogP contribution < -0.4 is 0 Å². The monoisotopic (exact) mass is 335 g/mol. The minimum absolute atomic E-state index is 0.0725. The molecule has 0 aromatic carbocycles. The fourth-order valence-electron chi connectivity index (χ4n) is 2.53. The molecule has 6 heteroatoms. The van der Waals surface area contributed by atoms with E-state index in [1.807, 2.05) is 11.8 Å². The van der Waals surface area contributed by atoms with E-state index in [0.29, 0.717) is 13.0 Å². The third-order valence-electron chi connectivity index (χ3n) is 3.90. The number of hydrogen-bond acceptors (Lipinski definition) is 4. The van der Waals surface area contributed by atoms with E-state index in [1.165, 1.54) is 0 Å². The van der Waals surface area contributed by atoms with Gasteiger partial charge in [-0.3, -0.25) is 4.79 Å². The van der Waals surface area contributed by atoms with E-state index >= 15 is 0 Å². The Bertz CT molecular complexity index is 423. The number of carbonyl (C=O) groups is 1. The summed E-state index contributed by atoms with van der Waals surface area (Å²) in [5.74, 6) is 1.49. The molecule has 0 aliphatic carbocycles. The molecule has 1 rings (SSSR count). The number of sulfone groups is 1. The third kappa shape index (κ3) is 6.19. The zero-order valence-electron chi connectivity index (χ0n) is 13.5. The first-order valence-corrected chi connectivity index (χ1v) is 10.9. The van der Waals surface area contributed by atoms with E-state index in [2.05, 4.69) is 13.8 Å². The van der Waals surface area contributed by atoms with Crippen molar-refractivity contribution >= 4 is 27.5 Å². The zero-order valence-corrected chi connectivity index (χ0v) is 15.1. The predicted molar refractivity (Wildman–Crippen MR) is 90.5 cm³/mol. The van der Waals surface area contributed by atoms with Crippen molar-refractivity contribution in [2.75, 3.05) is 23.8 Å². The van der Waals surface area contributed by atoms with Crippen LogP contribution in [0, 0.1) is 0 Å². The molecule has 0 saturated carbocycles. The van der Waals surface area contributed by atoms with Crippen molar-refractivity contribution in [3.63, 3.8) is 0 Å². The van der Waals surface area contributed by atoms with E-state index in [1.54, 1.807) is 11.8 Å². The largest absolute Gasteiger partial charge is 0.338 e. The Morgan fingerprint density at radius 1 is 1.29 bits per heavy atom. The molecule has 2 atom stereocenters. The molecule has 0 spiro atoms. The molecule has 0 aromatic rings. The van der Waals surface area contributed by atoms with Crippen molar-refractivity contribution in [1.29, 1.82) is 0 Å². The highest BCUT2D eigenvalue weighted by atomic mass is 32.2. The fourth-order valence-corrected chi connectivity index (χ4v) is 5.35. The molecule has 1 heterocycles. The van der Waals surface area contributed by atoms with E-state index in [4.69, 9.17) is 0 Å². The maximum absolute atomic E-state index is 12.7. The first-order valence-electron chi connectivity index (χ1n) is 8.03. The van der Waals surface area contributed by atoms with Gasteiger partial charge in [-0.1, -0.05) is 26.7 Å². The lowest BCUT2D eigenvalue weighted by Crippen LogP contribution is -2.45. The second kappa shape index (κ2) is 9.03. The standard InChI is InChI=1S/C15H29NO3S2/c1-4-6-9-16(14-8-11-21(18,19)12-14)15(17)13(3)20-10-7-5-2/h13-14H,4-12H2,1-3H3. The predicted octanol–water partition coefficient (Wildman–Crippen LogP) is 2.72. The molecule has 1 amide bonds. The summed E-state index contributed by atoms with van der Waals surface area (Å²) in [6, 6.07) is -0.108. The van der Waals surface area contributed by atoms with Crippen LogP contribution in [0.5, 0.6) is 0 Å². The summed E-state index contributed by atoms with van der Waals surface area (Å²) in [6.45, 7) is 6.87. The summed E-state index contributed by atoms with van der Waals surface area (Å²) in [5, 5.41) is -0.0725. The molecular formula is C15H29NO3S2. The smallest absolute Gasteiger partial charge is 0.235 e. The van der Waals surface area contributed by atoms with Crippen molar-refractivity contribution in [3.05, 3.63) is 0 Å². The molecule has 0 N–H and O–H groups in total. The molecule has 1 fully saturated rings. The van der Waals surface area contributed by atoms with Crippen LogP contribution in [0.2, 0.25) is 0 Å². The van der Waals surface area contributed by atoms with Crippen molar-refractivity contribution in [2.24, 2.45) is 0 Å². The number of thioether (sulfide) groups is 1. The average Bonchev–Trinajstić information content (AvgIpc) is 2.79. The molecule has 124 valence electrons. The van der Waals surface area contributed by atoms with Crippen LogP contribution in [-0.2, 0) is 14.6 Å². The van der Waals surface area contributed by atoms with Crippen LogP contribution >= 0.6 is 11.8 Å². The summed E-state index contributed by atoms with van der Waals surface area (Å²) in [7, 11) is -2.95. The molecule has 4 nitrogen and oxygen atoms in total. The summed E-state index contributed by atoms with van der Waals surface area (Å²) in [6.07, 6.45) is 4.81. The van der Waals surface area contributed by atoms with E-state index in [0.717, 1.165) is 31.4 Å². The highest BCUT2D eigenvalue weighted by Gasteiger charge is 2.35. The molecule has 21 heavy (non-hydrogen) atoms. The summed E-state index contributed by atoms with van der Waals surface area (Å²) in [4.78, 5) is 14.5. The molecule has 1 aliphatic rings. The maximum atomic E-state index is 12.7. The Balaban J connectivity index is 2.65. The first kappa shape index (κ1) is 18.8. The van der Waals surface area contributed by atoms with Crippen molar-refractivity contribution in [2.45, 2.75) is 64.2 Å². The lowest BCUT2D eigenvalue weighted by Gasteiger charge is -2.30.